The first kappa shape index (κ1) is 21.7. The Bertz CT molecular complexity index is 942. The molecule has 11 heteroatoms. The summed E-state index contributed by atoms with van der Waals surface area (Å²) in [6.45, 7) is 6.02. The molecule has 1 aromatic carbocycles. The molecule has 0 spiro atoms. The second-order valence-corrected chi connectivity index (χ2v) is 7.56. The number of amides is 1. The molecule has 1 saturated heterocycles. The molecule has 1 N–H and O–H groups in total. The fourth-order valence-corrected chi connectivity index (χ4v) is 3.68. The molecular weight excluding hydrogens is 408 g/mol. The molecule has 30 heavy (non-hydrogen) atoms. The Kier molecular flexibility index (Phi) is 7.31. The number of thioether (sulfide) groups is 1. The molecule has 0 saturated carbocycles. The molecule has 1 fully saturated rings. The molecule has 10 nitrogen and oxygen atoms in total. The van der Waals surface area contributed by atoms with Gasteiger partial charge in [0.1, 0.15) is 5.69 Å². The SMILES string of the molecule is Cc1cc(C)nc(SCC(=O)N/N=C\c2ccc(N3CCOCC3)c([N+](=O)[O-])c2)n1. The number of nitrogens with one attached hydrogen (secondary N) is 1. The van der Waals surface area contributed by atoms with E-state index in [0.29, 0.717) is 42.7 Å². The first-order chi connectivity index (χ1) is 14.4. The van der Waals surface area contributed by atoms with Gasteiger partial charge in [-0.3, -0.25) is 14.9 Å². The number of rotatable bonds is 7. The van der Waals surface area contributed by atoms with Crippen molar-refractivity contribution in [1.29, 1.82) is 0 Å². The molecule has 1 aliphatic heterocycles. The molecule has 1 amide bonds. The van der Waals surface area contributed by atoms with Gasteiger partial charge in [-0.1, -0.05) is 17.8 Å². The lowest BCUT2D eigenvalue weighted by Gasteiger charge is -2.28. The van der Waals surface area contributed by atoms with Crippen molar-refractivity contribution < 1.29 is 14.5 Å². The number of aromatic nitrogens is 2. The van der Waals surface area contributed by atoms with Crippen molar-refractivity contribution in [3.05, 3.63) is 51.3 Å². The van der Waals surface area contributed by atoms with E-state index in [1.54, 1.807) is 12.1 Å². The van der Waals surface area contributed by atoms with Crippen LogP contribution in [0.25, 0.3) is 0 Å². The summed E-state index contributed by atoms with van der Waals surface area (Å²) in [6, 6.07) is 6.72. The molecule has 3 rings (SSSR count). The van der Waals surface area contributed by atoms with Gasteiger partial charge in [0.25, 0.3) is 11.6 Å². The number of benzene rings is 1. The first-order valence-electron chi connectivity index (χ1n) is 9.30. The molecule has 0 aliphatic carbocycles. The zero-order valence-corrected chi connectivity index (χ0v) is 17.5. The normalized spacial score (nSPS) is 14.1. The van der Waals surface area contributed by atoms with Crippen LogP contribution >= 0.6 is 11.8 Å². The van der Waals surface area contributed by atoms with Crippen LogP contribution in [0.15, 0.2) is 34.5 Å². The van der Waals surface area contributed by atoms with Crippen molar-refractivity contribution in [2.75, 3.05) is 37.0 Å². The monoisotopic (exact) mass is 430 g/mol. The maximum absolute atomic E-state index is 12.0. The lowest BCUT2D eigenvalue weighted by Crippen LogP contribution is -2.36. The van der Waals surface area contributed by atoms with Crippen LogP contribution in [0.3, 0.4) is 0 Å². The van der Waals surface area contributed by atoms with Gasteiger partial charge in [0.15, 0.2) is 5.16 Å². The molecule has 2 heterocycles. The Balaban J connectivity index is 1.59. The van der Waals surface area contributed by atoms with Crippen LogP contribution in [0.5, 0.6) is 0 Å². The van der Waals surface area contributed by atoms with Crippen LogP contribution in [-0.2, 0) is 9.53 Å². The molecule has 2 aromatic rings. The maximum Gasteiger partial charge on any atom is 0.293 e. The number of carbonyl (C=O) groups excluding carboxylic acids is 1. The highest BCUT2D eigenvalue weighted by molar-refractivity contribution is 7.99. The highest BCUT2D eigenvalue weighted by Crippen LogP contribution is 2.29. The van der Waals surface area contributed by atoms with Crippen LogP contribution in [-0.4, -0.2) is 59.1 Å². The van der Waals surface area contributed by atoms with Gasteiger partial charge in [-0.05, 0) is 26.0 Å². The average Bonchev–Trinajstić information content (AvgIpc) is 2.72. The van der Waals surface area contributed by atoms with Gasteiger partial charge in [-0.25, -0.2) is 15.4 Å². The number of nitro groups is 1. The molecule has 1 aromatic heterocycles. The Labute approximate surface area is 177 Å². The fraction of sp³-hybridized carbons (Fsp3) is 0.368. The van der Waals surface area contributed by atoms with Crippen LogP contribution in [0.1, 0.15) is 17.0 Å². The van der Waals surface area contributed by atoms with Gasteiger partial charge < -0.3 is 9.64 Å². The van der Waals surface area contributed by atoms with Gasteiger partial charge in [0.05, 0.1) is 30.1 Å². The zero-order valence-electron chi connectivity index (χ0n) is 16.7. The number of nitro benzene ring substituents is 1. The second-order valence-electron chi connectivity index (χ2n) is 6.62. The van der Waals surface area contributed by atoms with E-state index in [9.17, 15) is 14.9 Å². The topological polar surface area (TPSA) is 123 Å². The average molecular weight is 430 g/mol. The van der Waals surface area contributed by atoms with E-state index in [2.05, 4.69) is 20.5 Å². The Morgan fingerprint density at radius 3 is 2.67 bits per heavy atom. The fourth-order valence-electron chi connectivity index (χ4n) is 2.94. The summed E-state index contributed by atoms with van der Waals surface area (Å²) >= 11 is 1.21. The number of aryl methyl sites for hydroxylation is 2. The lowest BCUT2D eigenvalue weighted by atomic mass is 10.1. The predicted octanol–water partition coefficient (Wildman–Crippen LogP) is 2.08. The maximum atomic E-state index is 12.0. The highest BCUT2D eigenvalue weighted by Gasteiger charge is 2.21. The number of ether oxygens (including phenoxy) is 1. The van der Waals surface area contributed by atoms with E-state index in [1.807, 2.05) is 24.8 Å². The Morgan fingerprint density at radius 1 is 1.30 bits per heavy atom. The molecular formula is C19H22N6O4S. The first-order valence-corrected chi connectivity index (χ1v) is 10.3. The van der Waals surface area contributed by atoms with Crippen molar-refractivity contribution in [2.45, 2.75) is 19.0 Å². The minimum absolute atomic E-state index is 0.00491. The van der Waals surface area contributed by atoms with Crippen LogP contribution in [0.2, 0.25) is 0 Å². The van der Waals surface area contributed by atoms with Crippen LogP contribution in [0, 0.1) is 24.0 Å². The van der Waals surface area contributed by atoms with Gasteiger partial charge in [-0.2, -0.15) is 5.10 Å². The van der Waals surface area contributed by atoms with Gasteiger partial charge in [0.2, 0.25) is 0 Å². The Hall–Kier alpha value is -3.05. The smallest absolute Gasteiger partial charge is 0.293 e. The zero-order chi connectivity index (χ0) is 21.5. The van der Waals surface area contributed by atoms with E-state index in [4.69, 9.17) is 4.74 Å². The number of hydrogen-bond donors (Lipinski definition) is 1. The summed E-state index contributed by atoms with van der Waals surface area (Å²) < 4.78 is 5.30. The molecule has 0 bridgehead atoms. The minimum atomic E-state index is -0.415. The van der Waals surface area contributed by atoms with Crippen molar-refractivity contribution in [3.63, 3.8) is 0 Å². The predicted molar refractivity (Wildman–Crippen MR) is 114 cm³/mol. The van der Waals surface area contributed by atoms with Crippen molar-refractivity contribution >= 4 is 35.3 Å². The number of hydrogen-bond acceptors (Lipinski definition) is 9. The van der Waals surface area contributed by atoms with E-state index < -0.39 is 4.92 Å². The summed E-state index contributed by atoms with van der Waals surface area (Å²) in [4.78, 5) is 33.5. The Morgan fingerprint density at radius 2 is 2.00 bits per heavy atom. The quantitative estimate of drug-likeness (QED) is 0.233. The van der Waals surface area contributed by atoms with Gasteiger partial charge in [-0.15, -0.1) is 0 Å². The third-order valence-corrected chi connectivity index (χ3v) is 5.09. The number of hydrazone groups is 1. The summed E-state index contributed by atoms with van der Waals surface area (Å²) in [5, 5.41) is 15.9. The van der Waals surface area contributed by atoms with Gasteiger partial charge >= 0.3 is 0 Å². The number of morpholine rings is 1. The molecule has 158 valence electrons. The molecule has 0 unspecified atom stereocenters. The second kappa shape index (κ2) is 10.1. The van der Waals surface area contributed by atoms with E-state index >= 15 is 0 Å². The number of carbonyl (C=O) groups is 1. The van der Waals surface area contributed by atoms with Crippen molar-refractivity contribution in [2.24, 2.45) is 5.10 Å². The highest BCUT2D eigenvalue weighted by atomic mass is 32.2. The summed E-state index contributed by atoms with van der Waals surface area (Å²) in [7, 11) is 0. The number of anilines is 1. The van der Waals surface area contributed by atoms with Crippen molar-refractivity contribution in [1.82, 2.24) is 15.4 Å². The summed E-state index contributed by atoms with van der Waals surface area (Å²) in [5.74, 6) is -0.213. The van der Waals surface area contributed by atoms with E-state index in [1.165, 1.54) is 24.0 Å². The minimum Gasteiger partial charge on any atom is -0.378 e. The standard InChI is InChI=1S/C19H22N6O4S/c1-13-9-14(2)22-19(21-13)30-12-18(26)23-20-11-15-3-4-16(17(10-15)25(27)28)24-5-7-29-8-6-24/h3-4,9-11H,5-8,12H2,1-2H3,(H,23,26)/b20-11-. The van der Waals surface area contributed by atoms with Crippen LogP contribution < -0.4 is 10.3 Å². The van der Waals surface area contributed by atoms with E-state index in [-0.39, 0.29) is 17.3 Å². The molecule has 1 aliphatic rings. The van der Waals surface area contributed by atoms with Crippen LogP contribution in [0.4, 0.5) is 11.4 Å². The largest absolute Gasteiger partial charge is 0.378 e. The van der Waals surface area contributed by atoms with Gasteiger partial charge in [0, 0.05) is 36.1 Å². The molecule has 0 radical (unpaired) electrons. The third-order valence-electron chi connectivity index (χ3n) is 4.24. The van der Waals surface area contributed by atoms with E-state index in [0.717, 1.165) is 11.4 Å². The third kappa shape index (κ3) is 5.97. The lowest BCUT2D eigenvalue weighted by molar-refractivity contribution is -0.384. The number of nitrogens with zero attached hydrogens (tertiary/aromatic N) is 5. The molecule has 0 atom stereocenters. The summed E-state index contributed by atoms with van der Waals surface area (Å²) in [6.07, 6.45) is 1.38. The summed E-state index contributed by atoms with van der Waals surface area (Å²) in [5.41, 5.74) is 5.15. The van der Waals surface area contributed by atoms with Crippen molar-refractivity contribution in [3.8, 4) is 0 Å².